The van der Waals surface area contributed by atoms with Crippen molar-refractivity contribution in [2.75, 3.05) is 0 Å². The molecule has 18 heavy (non-hydrogen) atoms. The number of rotatable bonds is 4. The molecule has 0 radical (unpaired) electrons. The van der Waals surface area contributed by atoms with E-state index in [2.05, 4.69) is 0 Å². The summed E-state index contributed by atoms with van der Waals surface area (Å²) in [5, 5.41) is 10.5. The highest BCUT2D eigenvalue weighted by Gasteiger charge is 2.12. The molecule has 1 heterocycles. The summed E-state index contributed by atoms with van der Waals surface area (Å²) < 4.78 is 30.9. The number of hydrogen-bond acceptors (Lipinski definition) is 3. The van der Waals surface area contributed by atoms with E-state index >= 15 is 0 Å². The van der Waals surface area contributed by atoms with Gasteiger partial charge in [0.15, 0.2) is 0 Å². The van der Waals surface area contributed by atoms with Gasteiger partial charge in [0.25, 0.3) is 0 Å². The van der Waals surface area contributed by atoms with Crippen LogP contribution in [0.15, 0.2) is 29.6 Å². The predicted molar refractivity (Wildman–Crippen MR) is 62.0 cm³/mol. The zero-order valence-electron chi connectivity index (χ0n) is 9.02. The average Bonchev–Trinajstić information content (AvgIpc) is 2.73. The number of halogens is 2. The van der Waals surface area contributed by atoms with Crippen molar-refractivity contribution >= 4 is 17.3 Å². The molecule has 0 aliphatic heterocycles. The van der Waals surface area contributed by atoms with Crippen molar-refractivity contribution < 1.29 is 23.4 Å². The van der Waals surface area contributed by atoms with Crippen LogP contribution < -0.4 is 4.74 Å². The van der Waals surface area contributed by atoms with Gasteiger partial charge in [0.05, 0.1) is 0 Å². The Morgan fingerprint density at radius 3 is 2.56 bits per heavy atom. The van der Waals surface area contributed by atoms with E-state index in [9.17, 15) is 13.6 Å². The molecular formula is C12H8F2O3S. The second kappa shape index (κ2) is 5.14. The minimum absolute atomic E-state index is 0.0232. The lowest BCUT2D eigenvalue weighted by molar-refractivity contribution is 0.0699. The number of carboxylic acid groups (broad SMARTS) is 1. The second-order valence-corrected chi connectivity index (χ2v) is 4.39. The predicted octanol–water partition coefficient (Wildman–Crippen LogP) is 3.30. The zero-order chi connectivity index (χ0) is 13.1. The first-order valence-corrected chi connectivity index (χ1v) is 5.83. The lowest BCUT2D eigenvalue weighted by Crippen LogP contribution is -2.02. The van der Waals surface area contributed by atoms with Crippen molar-refractivity contribution in [2.24, 2.45) is 0 Å². The summed E-state index contributed by atoms with van der Waals surface area (Å²) in [5.41, 5.74) is 0.470. The Bertz CT molecular complexity index is 560. The van der Waals surface area contributed by atoms with Crippen LogP contribution in [0.3, 0.4) is 0 Å². The Morgan fingerprint density at radius 2 is 1.94 bits per heavy atom. The van der Waals surface area contributed by atoms with E-state index in [0.717, 1.165) is 29.5 Å². The van der Waals surface area contributed by atoms with Crippen molar-refractivity contribution in [3.05, 3.63) is 51.7 Å². The Morgan fingerprint density at radius 1 is 1.28 bits per heavy atom. The molecule has 0 bridgehead atoms. The summed E-state index contributed by atoms with van der Waals surface area (Å²) in [5.74, 6) is -2.51. The molecule has 1 N–H and O–H groups in total. The van der Waals surface area contributed by atoms with Crippen LogP contribution in [-0.2, 0) is 6.61 Å². The third-order valence-corrected chi connectivity index (χ3v) is 3.12. The molecule has 2 aromatic rings. The molecule has 0 unspecified atom stereocenters. The van der Waals surface area contributed by atoms with Gasteiger partial charge >= 0.3 is 5.97 Å². The lowest BCUT2D eigenvalue weighted by atomic mass is 10.2. The Kier molecular flexibility index (Phi) is 3.57. The summed E-state index contributed by atoms with van der Waals surface area (Å²) in [6.07, 6.45) is 0. The average molecular weight is 270 g/mol. The van der Waals surface area contributed by atoms with Crippen LogP contribution in [0.25, 0.3) is 0 Å². The van der Waals surface area contributed by atoms with E-state index in [4.69, 9.17) is 9.84 Å². The van der Waals surface area contributed by atoms with Gasteiger partial charge in [0, 0.05) is 23.8 Å². The molecule has 0 aliphatic rings. The molecule has 94 valence electrons. The third kappa shape index (κ3) is 2.84. The summed E-state index contributed by atoms with van der Waals surface area (Å²) in [6.45, 7) is -0.0476. The van der Waals surface area contributed by atoms with Crippen LogP contribution in [0.1, 0.15) is 15.2 Å². The van der Waals surface area contributed by atoms with Crippen molar-refractivity contribution in [2.45, 2.75) is 6.61 Å². The maximum atomic E-state index is 12.9. The highest BCUT2D eigenvalue weighted by atomic mass is 32.1. The third-order valence-electron chi connectivity index (χ3n) is 2.17. The highest BCUT2D eigenvalue weighted by molar-refractivity contribution is 7.12. The molecule has 1 aromatic heterocycles. The standard InChI is InChI=1S/C12H8F2O3S/c13-8-3-9(14)5-10(4-8)17-6-7-1-2-18-11(7)12(15)16/h1-5H,6H2,(H,15,16). The van der Waals surface area contributed by atoms with Crippen molar-refractivity contribution in [3.63, 3.8) is 0 Å². The molecule has 0 saturated carbocycles. The van der Waals surface area contributed by atoms with Crippen LogP contribution in [0.4, 0.5) is 8.78 Å². The van der Waals surface area contributed by atoms with Gasteiger partial charge in [-0.1, -0.05) is 0 Å². The number of carboxylic acids is 1. The van der Waals surface area contributed by atoms with E-state index in [1.807, 2.05) is 0 Å². The first-order chi connectivity index (χ1) is 8.56. The smallest absolute Gasteiger partial charge is 0.346 e. The summed E-state index contributed by atoms with van der Waals surface area (Å²) in [7, 11) is 0. The van der Waals surface area contributed by atoms with Gasteiger partial charge in [0.2, 0.25) is 0 Å². The molecule has 6 heteroatoms. The van der Waals surface area contributed by atoms with Gasteiger partial charge < -0.3 is 9.84 Å². The highest BCUT2D eigenvalue weighted by Crippen LogP contribution is 2.21. The van der Waals surface area contributed by atoms with Gasteiger partial charge in [-0.05, 0) is 11.4 Å². The first-order valence-electron chi connectivity index (χ1n) is 4.95. The Labute approximate surface area is 105 Å². The first kappa shape index (κ1) is 12.5. The summed E-state index contributed by atoms with van der Waals surface area (Å²) >= 11 is 1.07. The quantitative estimate of drug-likeness (QED) is 0.927. The Balaban J connectivity index is 2.11. The molecule has 0 amide bonds. The molecule has 3 nitrogen and oxygen atoms in total. The van der Waals surface area contributed by atoms with Crippen molar-refractivity contribution in [1.29, 1.82) is 0 Å². The van der Waals surface area contributed by atoms with Crippen LogP contribution in [0, 0.1) is 11.6 Å². The molecule has 0 saturated heterocycles. The van der Waals surface area contributed by atoms with Gasteiger partial charge in [-0.15, -0.1) is 11.3 Å². The molecule has 1 aromatic carbocycles. The number of hydrogen-bond donors (Lipinski definition) is 1. The van der Waals surface area contributed by atoms with Crippen molar-refractivity contribution in [1.82, 2.24) is 0 Å². The summed E-state index contributed by atoms with van der Waals surface area (Å²) in [6, 6.07) is 4.41. The SMILES string of the molecule is O=C(O)c1sccc1COc1cc(F)cc(F)c1. The van der Waals surface area contributed by atoms with E-state index in [1.54, 1.807) is 11.4 Å². The van der Waals surface area contributed by atoms with Crippen LogP contribution in [0.2, 0.25) is 0 Å². The van der Waals surface area contributed by atoms with E-state index in [-0.39, 0.29) is 17.2 Å². The van der Waals surface area contributed by atoms with Gasteiger partial charge in [0.1, 0.15) is 28.9 Å². The monoisotopic (exact) mass is 270 g/mol. The second-order valence-electron chi connectivity index (χ2n) is 3.47. The van der Waals surface area contributed by atoms with Gasteiger partial charge in [-0.3, -0.25) is 0 Å². The minimum atomic E-state index is -1.05. The van der Waals surface area contributed by atoms with Crippen molar-refractivity contribution in [3.8, 4) is 5.75 Å². The number of ether oxygens (including phenoxy) is 1. The topological polar surface area (TPSA) is 46.5 Å². The lowest BCUT2D eigenvalue weighted by Gasteiger charge is -2.06. The number of aromatic carboxylic acids is 1. The maximum Gasteiger partial charge on any atom is 0.346 e. The van der Waals surface area contributed by atoms with Crippen LogP contribution in [-0.4, -0.2) is 11.1 Å². The number of thiophene rings is 1. The Hall–Kier alpha value is -1.95. The fraction of sp³-hybridized carbons (Fsp3) is 0.0833. The van der Waals surface area contributed by atoms with Crippen LogP contribution in [0.5, 0.6) is 5.75 Å². The molecular weight excluding hydrogens is 262 g/mol. The molecule has 0 aliphatic carbocycles. The van der Waals surface area contributed by atoms with Gasteiger partial charge in [-0.25, -0.2) is 13.6 Å². The largest absolute Gasteiger partial charge is 0.489 e. The van der Waals surface area contributed by atoms with Crippen LogP contribution >= 0.6 is 11.3 Å². The maximum absolute atomic E-state index is 12.9. The number of benzene rings is 1. The fourth-order valence-electron chi connectivity index (χ4n) is 1.41. The van der Waals surface area contributed by atoms with Gasteiger partial charge in [-0.2, -0.15) is 0 Å². The molecule has 2 rings (SSSR count). The van der Waals surface area contributed by atoms with E-state index < -0.39 is 17.6 Å². The minimum Gasteiger partial charge on any atom is -0.489 e. The molecule has 0 fully saturated rings. The fourth-order valence-corrected chi connectivity index (χ4v) is 2.16. The zero-order valence-corrected chi connectivity index (χ0v) is 9.84. The number of carbonyl (C=O) groups is 1. The van der Waals surface area contributed by atoms with E-state index in [0.29, 0.717) is 5.56 Å². The summed E-state index contributed by atoms with van der Waals surface area (Å²) in [4.78, 5) is 11.0. The normalized spacial score (nSPS) is 10.3. The van der Waals surface area contributed by atoms with E-state index in [1.165, 1.54) is 0 Å². The molecule has 0 atom stereocenters. The molecule has 0 spiro atoms.